The Labute approximate surface area is 124 Å². The maximum atomic E-state index is 13.1. The molecule has 5 nitrogen and oxygen atoms in total. The molecule has 0 unspecified atom stereocenters. The number of nitrogens with one attached hydrogen (secondary N) is 1. The predicted octanol–water partition coefficient (Wildman–Crippen LogP) is 2.88. The first-order chi connectivity index (χ1) is 10.0. The molecule has 0 saturated carbocycles. The second-order valence-corrected chi connectivity index (χ2v) is 5.23. The number of aromatic nitrogens is 1. The number of esters is 1. The minimum absolute atomic E-state index is 0.00302. The third-order valence-corrected chi connectivity index (χ3v) is 3.77. The summed E-state index contributed by atoms with van der Waals surface area (Å²) >= 11 is 1.07. The lowest BCUT2D eigenvalue weighted by Crippen LogP contribution is -2.07. The van der Waals surface area contributed by atoms with E-state index in [1.807, 2.05) is 0 Å². The van der Waals surface area contributed by atoms with Gasteiger partial charge in [-0.25, -0.2) is 14.2 Å². The maximum Gasteiger partial charge on any atom is 0.358 e. The molecule has 0 radical (unpaired) electrons. The van der Waals surface area contributed by atoms with E-state index in [-0.39, 0.29) is 22.2 Å². The predicted molar refractivity (Wildman–Crippen MR) is 77.2 cm³/mol. The highest BCUT2D eigenvalue weighted by atomic mass is 32.1. The van der Waals surface area contributed by atoms with Crippen molar-refractivity contribution in [1.82, 2.24) is 4.98 Å². The molecule has 0 saturated heterocycles. The summed E-state index contributed by atoms with van der Waals surface area (Å²) in [4.78, 5) is 27.4. The van der Waals surface area contributed by atoms with Gasteiger partial charge in [-0.2, -0.15) is 0 Å². The number of carbonyl (C=O) groups is 2. The van der Waals surface area contributed by atoms with E-state index in [0.717, 1.165) is 16.9 Å². The van der Waals surface area contributed by atoms with Crippen LogP contribution in [0.4, 0.5) is 9.52 Å². The van der Waals surface area contributed by atoms with Crippen LogP contribution in [0.15, 0.2) is 24.3 Å². The number of ether oxygens (including phenoxy) is 1. The summed E-state index contributed by atoms with van der Waals surface area (Å²) in [6, 6.07) is 6.12. The van der Waals surface area contributed by atoms with Crippen molar-refractivity contribution in [2.24, 2.45) is 0 Å². The number of ketones is 1. The Morgan fingerprint density at radius 1 is 1.43 bits per heavy atom. The first-order valence-corrected chi connectivity index (χ1v) is 6.91. The van der Waals surface area contributed by atoms with Crippen LogP contribution in [-0.4, -0.2) is 23.8 Å². The fraction of sp³-hybridized carbons (Fsp3) is 0.214. The van der Waals surface area contributed by atoms with Crippen LogP contribution in [0.25, 0.3) is 0 Å². The van der Waals surface area contributed by atoms with Gasteiger partial charge in [0.05, 0.1) is 7.11 Å². The van der Waals surface area contributed by atoms with Gasteiger partial charge in [-0.05, 0) is 17.7 Å². The van der Waals surface area contributed by atoms with Crippen molar-refractivity contribution in [1.29, 1.82) is 0 Å². The van der Waals surface area contributed by atoms with Crippen LogP contribution in [0.1, 0.15) is 32.6 Å². The molecule has 110 valence electrons. The first kappa shape index (κ1) is 15.1. The minimum atomic E-state index is -0.657. The second kappa shape index (κ2) is 6.45. The van der Waals surface area contributed by atoms with Crippen molar-refractivity contribution >= 4 is 28.2 Å². The number of hydrogen-bond donors (Lipinski definition) is 1. The standard InChI is InChI=1S/C14H13FN2O3S/c1-8(18)12-11(13(19)20-2)17-14(21-12)16-7-9-4-3-5-10(15)6-9/h3-6H,7H2,1-2H3,(H,16,17). The molecule has 7 heteroatoms. The number of benzene rings is 1. The van der Waals surface area contributed by atoms with Gasteiger partial charge >= 0.3 is 5.97 Å². The molecule has 0 amide bonds. The number of rotatable bonds is 5. The number of hydrogen-bond acceptors (Lipinski definition) is 6. The number of thiazole rings is 1. The van der Waals surface area contributed by atoms with Gasteiger partial charge < -0.3 is 10.1 Å². The van der Waals surface area contributed by atoms with E-state index < -0.39 is 5.97 Å². The zero-order valence-electron chi connectivity index (χ0n) is 11.5. The summed E-state index contributed by atoms with van der Waals surface area (Å²) in [5.41, 5.74) is 0.728. The summed E-state index contributed by atoms with van der Waals surface area (Å²) in [6.45, 7) is 1.69. The summed E-state index contributed by atoms with van der Waals surface area (Å²) < 4.78 is 17.7. The Kier molecular flexibility index (Phi) is 4.64. The van der Waals surface area contributed by atoms with Crippen molar-refractivity contribution in [2.45, 2.75) is 13.5 Å². The third kappa shape index (κ3) is 3.63. The Morgan fingerprint density at radius 3 is 2.81 bits per heavy atom. The lowest BCUT2D eigenvalue weighted by Gasteiger charge is -2.02. The molecule has 0 atom stereocenters. The van der Waals surface area contributed by atoms with Crippen molar-refractivity contribution in [3.63, 3.8) is 0 Å². The molecule has 0 aliphatic rings. The molecule has 0 fully saturated rings. The summed E-state index contributed by atoms with van der Waals surface area (Å²) in [7, 11) is 1.23. The number of anilines is 1. The van der Waals surface area contributed by atoms with Gasteiger partial charge in [-0.3, -0.25) is 4.79 Å². The molecule has 0 aliphatic carbocycles. The van der Waals surface area contributed by atoms with E-state index in [1.165, 1.54) is 26.2 Å². The normalized spacial score (nSPS) is 10.2. The van der Waals surface area contributed by atoms with Crippen LogP contribution in [0, 0.1) is 5.82 Å². The van der Waals surface area contributed by atoms with E-state index in [9.17, 15) is 14.0 Å². The molecular formula is C14H13FN2O3S. The Bertz CT molecular complexity index is 685. The summed E-state index contributed by atoms with van der Waals surface area (Å²) in [6.07, 6.45) is 0. The quantitative estimate of drug-likeness (QED) is 0.679. The molecule has 0 aliphatic heterocycles. The highest BCUT2D eigenvalue weighted by Crippen LogP contribution is 2.24. The van der Waals surface area contributed by atoms with Gasteiger partial charge in [0.1, 0.15) is 10.7 Å². The molecule has 0 spiro atoms. The topological polar surface area (TPSA) is 68.3 Å². The van der Waals surface area contributed by atoms with Crippen LogP contribution < -0.4 is 5.32 Å². The lowest BCUT2D eigenvalue weighted by atomic mass is 10.2. The Morgan fingerprint density at radius 2 is 2.19 bits per heavy atom. The van der Waals surface area contributed by atoms with Gasteiger partial charge in [0.2, 0.25) is 0 Å². The largest absolute Gasteiger partial charge is 0.464 e. The van der Waals surface area contributed by atoms with Crippen molar-refractivity contribution < 1.29 is 18.7 Å². The molecule has 1 aromatic heterocycles. The Hall–Kier alpha value is -2.28. The molecule has 21 heavy (non-hydrogen) atoms. The molecule has 0 bridgehead atoms. The van der Waals surface area contributed by atoms with E-state index in [1.54, 1.807) is 12.1 Å². The number of Topliss-reactive ketones (excluding diaryl/α,β-unsaturated/α-hetero) is 1. The van der Waals surface area contributed by atoms with Crippen LogP contribution in [0.2, 0.25) is 0 Å². The SMILES string of the molecule is COC(=O)c1nc(NCc2cccc(F)c2)sc1C(C)=O. The van der Waals surface area contributed by atoms with E-state index in [2.05, 4.69) is 15.0 Å². The molecule has 1 N–H and O–H groups in total. The average Bonchev–Trinajstić information content (AvgIpc) is 2.89. The lowest BCUT2D eigenvalue weighted by molar-refractivity contribution is 0.0591. The van der Waals surface area contributed by atoms with Gasteiger partial charge in [0, 0.05) is 13.5 Å². The zero-order valence-corrected chi connectivity index (χ0v) is 12.3. The zero-order chi connectivity index (χ0) is 15.4. The maximum absolute atomic E-state index is 13.1. The molecule has 1 aromatic carbocycles. The van der Waals surface area contributed by atoms with Gasteiger partial charge in [0.15, 0.2) is 16.6 Å². The molecule has 2 aromatic rings. The number of halogens is 1. The minimum Gasteiger partial charge on any atom is -0.464 e. The first-order valence-electron chi connectivity index (χ1n) is 6.09. The Balaban J connectivity index is 2.17. The van der Waals surface area contributed by atoms with Crippen molar-refractivity contribution in [3.05, 3.63) is 46.2 Å². The number of nitrogens with zero attached hydrogens (tertiary/aromatic N) is 1. The second-order valence-electron chi connectivity index (χ2n) is 4.23. The molecular weight excluding hydrogens is 295 g/mol. The fourth-order valence-corrected chi connectivity index (χ4v) is 2.54. The van der Waals surface area contributed by atoms with E-state index in [0.29, 0.717) is 11.7 Å². The monoisotopic (exact) mass is 308 g/mol. The van der Waals surface area contributed by atoms with Gasteiger partial charge in [-0.15, -0.1) is 0 Å². The van der Waals surface area contributed by atoms with E-state index >= 15 is 0 Å². The highest BCUT2D eigenvalue weighted by Gasteiger charge is 2.21. The van der Waals surface area contributed by atoms with Gasteiger partial charge in [-0.1, -0.05) is 23.5 Å². The molecule has 1 heterocycles. The number of carbonyl (C=O) groups excluding carboxylic acids is 2. The van der Waals surface area contributed by atoms with Crippen LogP contribution in [0.3, 0.4) is 0 Å². The summed E-state index contributed by atoms with van der Waals surface area (Å²) in [5.74, 6) is -1.24. The molecule has 2 rings (SSSR count). The number of methoxy groups -OCH3 is 1. The van der Waals surface area contributed by atoms with Gasteiger partial charge in [0.25, 0.3) is 0 Å². The third-order valence-electron chi connectivity index (χ3n) is 2.66. The highest BCUT2D eigenvalue weighted by molar-refractivity contribution is 7.17. The fourth-order valence-electron chi connectivity index (χ4n) is 1.69. The van der Waals surface area contributed by atoms with Crippen LogP contribution in [-0.2, 0) is 11.3 Å². The average molecular weight is 308 g/mol. The van der Waals surface area contributed by atoms with Crippen molar-refractivity contribution in [3.8, 4) is 0 Å². The van der Waals surface area contributed by atoms with Crippen LogP contribution in [0.5, 0.6) is 0 Å². The smallest absolute Gasteiger partial charge is 0.358 e. The summed E-state index contributed by atoms with van der Waals surface area (Å²) in [5, 5.41) is 3.37. The van der Waals surface area contributed by atoms with Crippen LogP contribution >= 0.6 is 11.3 Å². The van der Waals surface area contributed by atoms with E-state index in [4.69, 9.17) is 0 Å². The van der Waals surface area contributed by atoms with Crippen molar-refractivity contribution in [2.75, 3.05) is 12.4 Å².